The molecule has 1 heterocycles. The van der Waals surface area contributed by atoms with Gasteiger partial charge in [0.2, 0.25) is 10.0 Å². The molecule has 1 aromatic heterocycles. The molecule has 3 N–H and O–H groups in total. The summed E-state index contributed by atoms with van der Waals surface area (Å²) in [7, 11) is -3.63. The van der Waals surface area contributed by atoms with Gasteiger partial charge in [0, 0.05) is 18.9 Å². The topological polar surface area (TPSA) is 99.3 Å². The van der Waals surface area contributed by atoms with Crippen molar-refractivity contribution in [2.24, 2.45) is 5.41 Å². The van der Waals surface area contributed by atoms with E-state index in [1.165, 1.54) is 32.3 Å². The van der Waals surface area contributed by atoms with Crippen molar-refractivity contribution in [3.63, 3.8) is 0 Å². The number of carboxylic acid groups (broad SMARTS) is 1. The normalized spacial score (nSPS) is 12.6. The van der Waals surface area contributed by atoms with E-state index in [1.54, 1.807) is 0 Å². The van der Waals surface area contributed by atoms with Crippen molar-refractivity contribution >= 4 is 16.0 Å². The summed E-state index contributed by atoms with van der Waals surface area (Å²) in [4.78, 5) is 13.5. The van der Waals surface area contributed by atoms with Crippen LogP contribution in [0.2, 0.25) is 0 Å². The second-order valence-electron chi connectivity index (χ2n) is 4.06. The van der Waals surface area contributed by atoms with Crippen LogP contribution in [0.3, 0.4) is 0 Å². The van der Waals surface area contributed by atoms with Crippen molar-refractivity contribution in [3.8, 4) is 0 Å². The molecule has 0 radical (unpaired) electrons. The van der Waals surface area contributed by atoms with Gasteiger partial charge in [-0.1, -0.05) is 0 Å². The molecule has 0 atom stereocenters. The first-order valence-corrected chi connectivity index (χ1v) is 6.10. The fourth-order valence-electron chi connectivity index (χ4n) is 0.910. The minimum Gasteiger partial charge on any atom is -0.481 e. The monoisotopic (exact) mass is 246 g/mol. The molecule has 7 heteroatoms. The van der Waals surface area contributed by atoms with Crippen LogP contribution in [0.4, 0.5) is 0 Å². The SMILES string of the molecule is CC(C)(CNS(=O)(=O)c1cc[nH]c1)C(=O)O. The fraction of sp³-hybridized carbons (Fsp3) is 0.444. The molecule has 0 amide bonds. The average molecular weight is 246 g/mol. The van der Waals surface area contributed by atoms with Crippen molar-refractivity contribution in [2.75, 3.05) is 6.54 Å². The van der Waals surface area contributed by atoms with Crippen molar-refractivity contribution in [3.05, 3.63) is 18.5 Å². The van der Waals surface area contributed by atoms with Crippen molar-refractivity contribution in [2.45, 2.75) is 18.7 Å². The van der Waals surface area contributed by atoms with Crippen LogP contribution >= 0.6 is 0 Å². The Balaban J connectivity index is 2.74. The number of aliphatic carboxylic acids is 1. The Morgan fingerprint density at radius 1 is 1.56 bits per heavy atom. The third-order valence-corrected chi connectivity index (χ3v) is 3.56. The lowest BCUT2D eigenvalue weighted by molar-refractivity contribution is -0.146. The number of aromatic amines is 1. The zero-order valence-electron chi connectivity index (χ0n) is 9.02. The molecule has 90 valence electrons. The van der Waals surface area contributed by atoms with Crippen LogP contribution in [0, 0.1) is 5.41 Å². The Bertz CT molecular complexity index is 462. The molecule has 1 aromatic rings. The number of hydrogen-bond donors (Lipinski definition) is 3. The number of aromatic nitrogens is 1. The van der Waals surface area contributed by atoms with Crippen LogP contribution in [0.15, 0.2) is 23.4 Å². The Labute approximate surface area is 93.7 Å². The van der Waals surface area contributed by atoms with Gasteiger partial charge in [0.15, 0.2) is 0 Å². The minimum atomic E-state index is -3.63. The summed E-state index contributed by atoms with van der Waals surface area (Å²) in [6.07, 6.45) is 2.81. The zero-order chi connectivity index (χ0) is 12.4. The Kier molecular flexibility index (Phi) is 3.39. The van der Waals surface area contributed by atoms with Gasteiger partial charge in [0.05, 0.1) is 10.3 Å². The van der Waals surface area contributed by atoms with E-state index in [0.717, 1.165) is 0 Å². The van der Waals surface area contributed by atoms with Crippen LogP contribution in [-0.4, -0.2) is 31.0 Å². The van der Waals surface area contributed by atoms with Gasteiger partial charge >= 0.3 is 5.97 Å². The molecule has 0 spiro atoms. The maximum Gasteiger partial charge on any atom is 0.310 e. The molecular weight excluding hydrogens is 232 g/mol. The second kappa shape index (κ2) is 4.26. The summed E-state index contributed by atoms with van der Waals surface area (Å²) in [6.45, 7) is 2.75. The molecular formula is C9H14N2O4S. The summed E-state index contributed by atoms with van der Waals surface area (Å²) in [5.74, 6) is -1.05. The van der Waals surface area contributed by atoms with E-state index in [1.807, 2.05) is 0 Å². The highest BCUT2D eigenvalue weighted by atomic mass is 32.2. The van der Waals surface area contributed by atoms with E-state index in [2.05, 4.69) is 9.71 Å². The van der Waals surface area contributed by atoms with Gasteiger partial charge in [-0.2, -0.15) is 0 Å². The number of hydrogen-bond acceptors (Lipinski definition) is 3. The first-order valence-electron chi connectivity index (χ1n) is 4.61. The van der Waals surface area contributed by atoms with Crippen LogP contribution < -0.4 is 4.72 Å². The lowest BCUT2D eigenvalue weighted by Crippen LogP contribution is -2.38. The quantitative estimate of drug-likeness (QED) is 0.700. The molecule has 0 unspecified atom stereocenters. The number of sulfonamides is 1. The van der Waals surface area contributed by atoms with Crippen molar-refractivity contribution < 1.29 is 18.3 Å². The highest BCUT2D eigenvalue weighted by molar-refractivity contribution is 7.89. The van der Waals surface area contributed by atoms with Gasteiger partial charge < -0.3 is 10.1 Å². The number of H-pyrrole nitrogens is 1. The number of carbonyl (C=O) groups is 1. The highest BCUT2D eigenvalue weighted by Gasteiger charge is 2.29. The molecule has 0 aliphatic rings. The summed E-state index contributed by atoms with van der Waals surface area (Å²) < 4.78 is 25.5. The summed E-state index contributed by atoms with van der Waals surface area (Å²) >= 11 is 0. The standard InChI is InChI=1S/C9H14N2O4S/c1-9(2,8(12)13)6-11-16(14,15)7-3-4-10-5-7/h3-5,10-11H,6H2,1-2H3,(H,12,13). The van der Waals surface area contributed by atoms with Crippen LogP contribution in [-0.2, 0) is 14.8 Å². The number of carboxylic acids is 1. The highest BCUT2D eigenvalue weighted by Crippen LogP contribution is 2.15. The smallest absolute Gasteiger partial charge is 0.310 e. The van der Waals surface area contributed by atoms with Gasteiger partial charge in [-0.3, -0.25) is 4.79 Å². The molecule has 16 heavy (non-hydrogen) atoms. The first-order chi connectivity index (χ1) is 7.26. The molecule has 0 saturated carbocycles. The lowest BCUT2D eigenvalue weighted by Gasteiger charge is -2.19. The second-order valence-corrected chi connectivity index (χ2v) is 5.83. The zero-order valence-corrected chi connectivity index (χ0v) is 9.84. The minimum absolute atomic E-state index is 0.0914. The molecule has 0 aromatic carbocycles. The predicted molar refractivity (Wildman–Crippen MR) is 57.4 cm³/mol. The lowest BCUT2D eigenvalue weighted by atomic mass is 9.95. The van der Waals surface area contributed by atoms with E-state index in [0.29, 0.717) is 0 Å². The Hall–Kier alpha value is -1.34. The fourth-order valence-corrected chi connectivity index (χ4v) is 2.10. The molecule has 0 fully saturated rings. The van der Waals surface area contributed by atoms with Gasteiger partial charge in [-0.15, -0.1) is 0 Å². The molecule has 0 bridgehead atoms. The van der Waals surface area contributed by atoms with Gasteiger partial charge in [-0.05, 0) is 19.9 Å². The predicted octanol–water partition coefficient (Wildman–Crippen LogP) is 0.404. The molecule has 0 aliphatic heterocycles. The van der Waals surface area contributed by atoms with Gasteiger partial charge in [-0.25, -0.2) is 13.1 Å². The maximum atomic E-state index is 11.6. The van der Waals surface area contributed by atoms with E-state index in [-0.39, 0.29) is 11.4 Å². The van der Waals surface area contributed by atoms with E-state index >= 15 is 0 Å². The Morgan fingerprint density at radius 2 is 2.19 bits per heavy atom. The first kappa shape index (κ1) is 12.7. The number of nitrogens with one attached hydrogen (secondary N) is 2. The van der Waals surface area contributed by atoms with E-state index < -0.39 is 21.4 Å². The summed E-state index contributed by atoms with van der Waals surface area (Å²) in [5, 5.41) is 8.83. The largest absolute Gasteiger partial charge is 0.481 e. The van der Waals surface area contributed by atoms with Crippen LogP contribution in [0.1, 0.15) is 13.8 Å². The van der Waals surface area contributed by atoms with Gasteiger partial charge in [0.1, 0.15) is 0 Å². The maximum absolute atomic E-state index is 11.6. The summed E-state index contributed by atoms with van der Waals surface area (Å²) in [5.41, 5.74) is -1.14. The molecule has 0 saturated heterocycles. The third kappa shape index (κ3) is 2.83. The van der Waals surface area contributed by atoms with Crippen molar-refractivity contribution in [1.29, 1.82) is 0 Å². The molecule has 6 nitrogen and oxygen atoms in total. The van der Waals surface area contributed by atoms with Crippen LogP contribution in [0.25, 0.3) is 0 Å². The van der Waals surface area contributed by atoms with Gasteiger partial charge in [0.25, 0.3) is 0 Å². The summed E-state index contributed by atoms with van der Waals surface area (Å²) in [6, 6.07) is 1.40. The van der Waals surface area contributed by atoms with Crippen LogP contribution in [0.5, 0.6) is 0 Å². The van der Waals surface area contributed by atoms with E-state index in [9.17, 15) is 13.2 Å². The van der Waals surface area contributed by atoms with E-state index in [4.69, 9.17) is 5.11 Å². The average Bonchev–Trinajstić information content (AvgIpc) is 2.68. The molecule has 0 aliphatic carbocycles. The van der Waals surface area contributed by atoms with Crippen molar-refractivity contribution in [1.82, 2.24) is 9.71 Å². The number of rotatable bonds is 5. The third-order valence-electron chi connectivity index (χ3n) is 2.16. The Morgan fingerprint density at radius 3 is 2.62 bits per heavy atom. The molecule has 1 rings (SSSR count).